The Morgan fingerprint density at radius 1 is 1.20 bits per heavy atom. The van der Waals surface area contributed by atoms with Gasteiger partial charge in [0.25, 0.3) is 0 Å². The molecule has 2 atom stereocenters. The summed E-state index contributed by atoms with van der Waals surface area (Å²) >= 11 is 0. The number of rotatable bonds is 8. The first-order valence-corrected chi connectivity index (χ1v) is 10.6. The van der Waals surface area contributed by atoms with Gasteiger partial charge in [0.2, 0.25) is 10.0 Å². The summed E-state index contributed by atoms with van der Waals surface area (Å²) < 4.78 is 56.9. The summed E-state index contributed by atoms with van der Waals surface area (Å²) in [4.78, 5) is 3.78. The Morgan fingerprint density at radius 2 is 1.90 bits per heavy atom. The van der Waals surface area contributed by atoms with Gasteiger partial charge in [-0.05, 0) is 18.6 Å². The second kappa shape index (κ2) is 8.58. The van der Waals surface area contributed by atoms with Crippen molar-refractivity contribution in [2.24, 2.45) is 0 Å². The molecule has 1 N–H and O–H groups in total. The maximum atomic E-state index is 14.6. The third-order valence-electron chi connectivity index (χ3n) is 5.07. The number of hydrogen-bond donors (Lipinski definition) is 1. The van der Waals surface area contributed by atoms with E-state index in [4.69, 9.17) is 0 Å². The molecule has 30 heavy (non-hydrogen) atoms. The standard InChI is InChI=1S/C20H22F2N4O3S/c1-15(30(28,29)25(2)11-16-6-4-3-5-7-16)20(27,12-26-14-23-13-24-26)18-9-8-17(21)10-19(18)22/h3-10,13-15,27H,11-12H2,1-2H3/t15-,20-/m1/s1. The quantitative estimate of drug-likeness (QED) is 0.585. The van der Waals surface area contributed by atoms with Crippen molar-refractivity contribution in [2.75, 3.05) is 7.05 Å². The average Bonchev–Trinajstić information content (AvgIpc) is 3.20. The van der Waals surface area contributed by atoms with Crippen molar-refractivity contribution in [1.29, 1.82) is 0 Å². The predicted octanol–water partition coefficient (Wildman–Crippen LogP) is 2.29. The van der Waals surface area contributed by atoms with E-state index in [0.29, 0.717) is 6.07 Å². The van der Waals surface area contributed by atoms with Crippen LogP contribution in [0.5, 0.6) is 0 Å². The molecule has 0 aliphatic heterocycles. The highest BCUT2D eigenvalue weighted by molar-refractivity contribution is 7.89. The number of sulfonamides is 1. The predicted molar refractivity (Wildman–Crippen MR) is 107 cm³/mol. The van der Waals surface area contributed by atoms with Crippen molar-refractivity contribution in [2.45, 2.75) is 30.9 Å². The van der Waals surface area contributed by atoms with Crippen molar-refractivity contribution < 1.29 is 22.3 Å². The number of hydrogen-bond acceptors (Lipinski definition) is 5. The first-order chi connectivity index (χ1) is 14.1. The van der Waals surface area contributed by atoms with E-state index in [1.54, 1.807) is 24.3 Å². The van der Waals surface area contributed by atoms with Gasteiger partial charge in [0.1, 0.15) is 35.1 Å². The molecular weight excluding hydrogens is 414 g/mol. The van der Waals surface area contributed by atoms with E-state index in [9.17, 15) is 22.3 Å². The van der Waals surface area contributed by atoms with Gasteiger partial charge >= 0.3 is 0 Å². The first-order valence-electron chi connectivity index (χ1n) is 9.14. The molecule has 1 heterocycles. The lowest BCUT2D eigenvalue weighted by Crippen LogP contribution is -2.50. The van der Waals surface area contributed by atoms with Gasteiger partial charge in [-0.1, -0.05) is 36.4 Å². The van der Waals surface area contributed by atoms with Crippen LogP contribution in [0.1, 0.15) is 18.1 Å². The molecule has 160 valence electrons. The molecule has 0 radical (unpaired) electrons. The Kier molecular flexibility index (Phi) is 6.30. The minimum atomic E-state index is -4.11. The highest BCUT2D eigenvalue weighted by Crippen LogP contribution is 2.34. The lowest BCUT2D eigenvalue weighted by atomic mass is 9.90. The molecule has 0 fully saturated rings. The fraction of sp³-hybridized carbons (Fsp3) is 0.300. The molecule has 0 bridgehead atoms. The van der Waals surface area contributed by atoms with E-state index < -0.39 is 39.1 Å². The monoisotopic (exact) mass is 436 g/mol. The zero-order chi connectivity index (χ0) is 21.9. The Morgan fingerprint density at radius 3 is 2.50 bits per heavy atom. The molecule has 0 saturated carbocycles. The molecule has 0 amide bonds. The summed E-state index contributed by atoms with van der Waals surface area (Å²) in [5.41, 5.74) is -1.83. The summed E-state index contributed by atoms with van der Waals surface area (Å²) in [7, 11) is -2.73. The highest BCUT2D eigenvalue weighted by atomic mass is 32.2. The third-order valence-corrected chi connectivity index (χ3v) is 7.35. The SMILES string of the molecule is C[C@H]([C@](O)(Cn1cncn1)c1ccc(F)cc1F)S(=O)(=O)N(C)Cc1ccccc1. The van der Waals surface area contributed by atoms with Crippen molar-refractivity contribution >= 4 is 10.0 Å². The van der Waals surface area contributed by atoms with Crippen LogP contribution in [0, 0.1) is 11.6 Å². The molecule has 0 spiro atoms. The zero-order valence-corrected chi connectivity index (χ0v) is 17.3. The van der Waals surface area contributed by atoms with Crippen LogP contribution in [-0.4, -0.2) is 44.9 Å². The maximum absolute atomic E-state index is 14.6. The van der Waals surface area contributed by atoms with Crippen LogP contribution in [-0.2, 0) is 28.7 Å². The fourth-order valence-electron chi connectivity index (χ4n) is 3.28. The fourth-order valence-corrected chi connectivity index (χ4v) is 4.84. The van der Waals surface area contributed by atoms with Crippen molar-refractivity contribution in [3.8, 4) is 0 Å². The Bertz CT molecular complexity index is 1090. The van der Waals surface area contributed by atoms with Gasteiger partial charge in [0.05, 0.1) is 6.54 Å². The van der Waals surface area contributed by atoms with E-state index in [0.717, 1.165) is 22.0 Å². The van der Waals surface area contributed by atoms with Crippen LogP contribution in [0.2, 0.25) is 0 Å². The summed E-state index contributed by atoms with van der Waals surface area (Å²) in [6, 6.07) is 11.6. The van der Waals surface area contributed by atoms with Gasteiger partial charge < -0.3 is 5.11 Å². The van der Waals surface area contributed by atoms with E-state index in [2.05, 4.69) is 10.1 Å². The van der Waals surface area contributed by atoms with Crippen LogP contribution in [0.25, 0.3) is 0 Å². The second-order valence-corrected chi connectivity index (χ2v) is 9.43. The van der Waals surface area contributed by atoms with E-state index >= 15 is 0 Å². The molecule has 0 unspecified atom stereocenters. The average molecular weight is 436 g/mol. The topological polar surface area (TPSA) is 88.3 Å². The number of benzene rings is 2. The Labute approximate surface area is 173 Å². The molecule has 10 heteroatoms. The van der Waals surface area contributed by atoms with E-state index in [1.807, 2.05) is 6.07 Å². The van der Waals surface area contributed by atoms with Gasteiger partial charge in [-0.3, -0.25) is 0 Å². The molecular formula is C20H22F2N4O3S. The first kappa shape index (κ1) is 22.0. The van der Waals surface area contributed by atoms with Crippen LogP contribution >= 0.6 is 0 Å². The van der Waals surface area contributed by atoms with E-state index in [1.165, 1.54) is 31.3 Å². The van der Waals surface area contributed by atoms with Crippen LogP contribution in [0.4, 0.5) is 8.78 Å². The zero-order valence-electron chi connectivity index (χ0n) is 16.5. The minimum Gasteiger partial charge on any atom is -0.382 e. The van der Waals surface area contributed by atoms with E-state index in [-0.39, 0.29) is 12.1 Å². The number of aromatic nitrogens is 3. The molecule has 2 aromatic carbocycles. The number of aliphatic hydroxyl groups is 1. The summed E-state index contributed by atoms with van der Waals surface area (Å²) in [5.74, 6) is -1.89. The lowest BCUT2D eigenvalue weighted by Gasteiger charge is -2.36. The van der Waals surface area contributed by atoms with Gasteiger partial charge in [0, 0.05) is 25.2 Å². The molecule has 0 aliphatic carbocycles. The maximum Gasteiger partial charge on any atom is 0.220 e. The minimum absolute atomic E-state index is 0.0683. The molecule has 0 aliphatic rings. The molecule has 3 aromatic rings. The molecule has 1 aromatic heterocycles. The van der Waals surface area contributed by atoms with Crippen molar-refractivity contribution in [3.63, 3.8) is 0 Å². The van der Waals surface area contributed by atoms with Gasteiger partial charge in [-0.15, -0.1) is 0 Å². The van der Waals surface area contributed by atoms with Gasteiger partial charge in [-0.25, -0.2) is 31.2 Å². The summed E-state index contributed by atoms with van der Waals surface area (Å²) in [6.45, 7) is 0.963. The van der Waals surface area contributed by atoms with Crippen molar-refractivity contribution in [1.82, 2.24) is 19.1 Å². The largest absolute Gasteiger partial charge is 0.382 e. The van der Waals surface area contributed by atoms with Crippen LogP contribution in [0.15, 0.2) is 61.2 Å². The highest BCUT2D eigenvalue weighted by Gasteiger charge is 2.47. The third kappa shape index (κ3) is 4.40. The van der Waals surface area contributed by atoms with Crippen molar-refractivity contribution in [3.05, 3.63) is 83.9 Å². The Hall–Kier alpha value is -2.69. The summed E-state index contributed by atoms with van der Waals surface area (Å²) in [5, 5.41) is 13.9. The van der Waals surface area contributed by atoms with Crippen LogP contribution in [0.3, 0.4) is 0 Å². The molecule has 3 rings (SSSR count). The Balaban J connectivity index is 2.01. The second-order valence-electron chi connectivity index (χ2n) is 7.07. The van der Waals surface area contributed by atoms with Gasteiger partial charge in [-0.2, -0.15) is 5.10 Å². The number of halogens is 2. The summed E-state index contributed by atoms with van der Waals surface area (Å²) in [6.07, 6.45) is 2.49. The lowest BCUT2D eigenvalue weighted by molar-refractivity contribution is 0.00970. The number of nitrogens with zero attached hydrogens (tertiary/aromatic N) is 4. The molecule has 7 nitrogen and oxygen atoms in total. The normalized spacial score (nSPS) is 15.1. The smallest absolute Gasteiger partial charge is 0.220 e. The van der Waals surface area contributed by atoms with Gasteiger partial charge in [0.15, 0.2) is 0 Å². The van der Waals surface area contributed by atoms with Crippen LogP contribution < -0.4 is 0 Å². The molecule has 0 saturated heterocycles.